The van der Waals surface area contributed by atoms with Gasteiger partial charge in [-0.3, -0.25) is 9.36 Å². The van der Waals surface area contributed by atoms with E-state index in [9.17, 15) is 14.4 Å². The average Bonchev–Trinajstić information content (AvgIpc) is 3.42. The predicted octanol–water partition coefficient (Wildman–Crippen LogP) is 3.35. The normalized spacial score (nSPS) is 21.9. The summed E-state index contributed by atoms with van der Waals surface area (Å²) in [6, 6.07) is 0.882. The van der Waals surface area contributed by atoms with Crippen LogP contribution in [0.1, 0.15) is 63.4 Å². The van der Waals surface area contributed by atoms with E-state index in [1.54, 1.807) is 6.92 Å². The van der Waals surface area contributed by atoms with Gasteiger partial charge >= 0.3 is 12.1 Å². The van der Waals surface area contributed by atoms with E-state index in [0.717, 1.165) is 19.3 Å². The van der Waals surface area contributed by atoms with Crippen molar-refractivity contribution in [3.05, 3.63) is 27.8 Å². The highest BCUT2D eigenvalue weighted by Gasteiger charge is 2.53. The lowest BCUT2D eigenvalue weighted by atomic mass is 9.96. The van der Waals surface area contributed by atoms with Crippen LogP contribution in [0.5, 0.6) is 5.75 Å². The summed E-state index contributed by atoms with van der Waals surface area (Å²) >= 11 is 0. The fraction of sp³-hybridized carbons (Fsp3) is 0.577. The van der Waals surface area contributed by atoms with Crippen LogP contribution < -0.4 is 26.2 Å². The number of nitrogens with zero attached hydrogens (tertiary/aromatic N) is 2. The first kappa shape index (κ1) is 25.2. The van der Waals surface area contributed by atoms with Gasteiger partial charge in [-0.1, -0.05) is 0 Å². The number of rotatable bonds is 4. The van der Waals surface area contributed by atoms with Gasteiger partial charge in [0.05, 0.1) is 24.4 Å². The lowest BCUT2D eigenvalue weighted by Gasteiger charge is -2.32. The number of aromatic nitrogens is 1. The number of carbonyl (C=O) groups is 2. The molecule has 11 heteroatoms. The van der Waals surface area contributed by atoms with Crippen LogP contribution in [0, 0.1) is 11.7 Å². The highest BCUT2D eigenvalue weighted by molar-refractivity contribution is 6.04. The maximum atomic E-state index is 15.9. The first-order valence-electron chi connectivity index (χ1n) is 12.5. The molecular formula is C26H33FN4O6. The topological polar surface area (TPSA) is 125 Å². The zero-order valence-corrected chi connectivity index (χ0v) is 21.8. The van der Waals surface area contributed by atoms with Crippen molar-refractivity contribution < 1.29 is 28.2 Å². The Morgan fingerprint density at radius 2 is 2.00 bits per heavy atom. The monoisotopic (exact) mass is 516 g/mol. The van der Waals surface area contributed by atoms with Gasteiger partial charge in [0.25, 0.3) is 5.56 Å². The maximum Gasteiger partial charge on any atom is 0.408 e. The molecule has 0 unspecified atom stereocenters. The molecule has 1 aromatic heterocycles. The first-order chi connectivity index (χ1) is 17.4. The van der Waals surface area contributed by atoms with Crippen molar-refractivity contribution in [2.75, 3.05) is 37.4 Å². The van der Waals surface area contributed by atoms with Crippen molar-refractivity contribution in [1.29, 1.82) is 0 Å². The number of hydrogen-bond acceptors (Lipinski definition) is 8. The molecule has 3 N–H and O–H groups in total. The molecule has 3 heterocycles. The molecule has 0 bridgehead atoms. The number of ether oxygens (including phenoxy) is 3. The molecule has 0 radical (unpaired) electrons. The van der Waals surface area contributed by atoms with E-state index in [0.29, 0.717) is 18.6 Å². The summed E-state index contributed by atoms with van der Waals surface area (Å²) in [7, 11) is 1.18. The Morgan fingerprint density at radius 1 is 1.30 bits per heavy atom. The van der Waals surface area contributed by atoms with Crippen molar-refractivity contribution in [2.45, 2.75) is 64.1 Å². The van der Waals surface area contributed by atoms with Gasteiger partial charge in [0.2, 0.25) is 0 Å². The molecule has 200 valence electrons. The lowest BCUT2D eigenvalue weighted by molar-refractivity contribution is 0.0476. The molecule has 2 fully saturated rings. The molecule has 2 atom stereocenters. The van der Waals surface area contributed by atoms with Crippen molar-refractivity contribution in [2.24, 2.45) is 5.92 Å². The second kappa shape index (κ2) is 8.53. The minimum absolute atomic E-state index is 0.0787. The van der Waals surface area contributed by atoms with E-state index in [1.165, 1.54) is 17.7 Å². The van der Waals surface area contributed by atoms with Crippen LogP contribution in [0.3, 0.4) is 0 Å². The number of halogens is 1. The molecule has 1 saturated carbocycles. The van der Waals surface area contributed by atoms with E-state index in [1.807, 2.05) is 25.7 Å². The zero-order valence-electron chi connectivity index (χ0n) is 21.8. The summed E-state index contributed by atoms with van der Waals surface area (Å²) in [6.07, 6.45) is 1.92. The van der Waals surface area contributed by atoms with Gasteiger partial charge < -0.3 is 30.2 Å². The number of nitrogen functional groups attached to an aromatic ring is 1. The van der Waals surface area contributed by atoms with Crippen molar-refractivity contribution in [1.82, 2.24) is 9.88 Å². The smallest absolute Gasteiger partial charge is 0.408 e. The summed E-state index contributed by atoms with van der Waals surface area (Å²) in [5.41, 5.74) is 4.93. The molecular weight excluding hydrogens is 483 g/mol. The van der Waals surface area contributed by atoms with Crippen LogP contribution in [0.25, 0.3) is 10.9 Å². The third-order valence-corrected chi connectivity index (χ3v) is 7.54. The number of anilines is 2. The molecule has 37 heavy (non-hydrogen) atoms. The Balaban J connectivity index is 1.53. The minimum Gasteiger partial charge on any atom is -0.487 e. The van der Waals surface area contributed by atoms with Crippen molar-refractivity contribution in [3.8, 4) is 5.75 Å². The van der Waals surface area contributed by atoms with Gasteiger partial charge in [0.1, 0.15) is 23.5 Å². The summed E-state index contributed by atoms with van der Waals surface area (Å²) in [4.78, 5) is 39.8. The van der Waals surface area contributed by atoms with Crippen LogP contribution in [0.15, 0.2) is 10.9 Å². The highest BCUT2D eigenvalue weighted by Crippen LogP contribution is 2.50. The first-order valence-corrected chi connectivity index (χ1v) is 12.5. The predicted molar refractivity (Wildman–Crippen MR) is 136 cm³/mol. The maximum absolute atomic E-state index is 15.9. The second-order valence-corrected chi connectivity index (χ2v) is 11.3. The van der Waals surface area contributed by atoms with E-state index in [4.69, 9.17) is 19.9 Å². The lowest BCUT2D eigenvalue weighted by Crippen LogP contribution is -2.46. The summed E-state index contributed by atoms with van der Waals surface area (Å²) < 4.78 is 33.6. The van der Waals surface area contributed by atoms with E-state index in [-0.39, 0.29) is 46.1 Å². The summed E-state index contributed by atoms with van der Waals surface area (Å²) in [6.45, 7) is 8.37. The van der Waals surface area contributed by atoms with Gasteiger partial charge in [-0.15, -0.1) is 0 Å². The Labute approximate surface area is 213 Å². The Kier molecular flexibility index (Phi) is 5.80. The number of esters is 1. The fourth-order valence-corrected chi connectivity index (χ4v) is 5.60. The third-order valence-electron chi connectivity index (χ3n) is 7.54. The van der Waals surface area contributed by atoms with E-state index < -0.39 is 35.1 Å². The van der Waals surface area contributed by atoms with Gasteiger partial charge in [0.15, 0.2) is 11.6 Å². The van der Waals surface area contributed by atoms with Gasteiger partial charge in [0, 0.05) is 29.9 Å². The highest BCUT2D eigenvalue weighted by atomic mass is 19.1. The third kappa shape index (κ3) is 4.14. The van der Waals surface area contributed by atoms with Crippen LogP contribution in [0.4, 0.5) is 20.6 Å². The van der Waals surface area contributed by atoms with Crippen molar-refractivity contribution in [3.63, 3.8) is 0 Å². The number of nitrogens with two attached hydrogens (primary N) is 1. The Bertz CT molecular complexity index is 1360. The number of pyridine rings is 1. The zero-order chi connectivity index (χ0) is 26.9. The molecule has 0 spiro atoms. The Hall–Kier alpha value is -3.50. The molecule has 5 rings (SSSR count). The Morgan fingerprint density at radius 3 is 2.62 bits per heavy atom. The SMILES string of the molecule is COC(=O)c1cc2c(N)c(F)c(N3CC[C@@H](C4(NC(=O)OC(C)(C)C)CC4)C3)c3c2n(c1=O)[C@@H](C)CO3. The van der Waals surface area contributed by atoms with Crippen LogP contribution in [-0.4, -0.2) is 54.6 Å². The quantitative estimate of drug-likeness (QED) is 0.468. The number of hydrogen-bond donors (Lipinski definition) is 2. The molecule has 2 aromatic rings. The minimum atomic E-state index is -0.811. The molecule has 3 aliphatic rings. The molecule has 1 aromatic carbocycles. The summed E-state index contributed by atoms with van der Waals surface area (Å²) in [5.74, 6) is -1.16. The number of nitrogens with one attached hydrogen (secondary N) is 1. The van der Waals surface area contributed by atoms with Crippen LogP contribution in [0.2, 0.25) is 0 Å². The largest absolute Gasteiger partial charge is 0.487 e. The van der Waals surface area contributed by atoms with Gasteiger partial charge in [-0.05, 0) is 53.0 Å². The van der Waals surface area contributed by atoms with Gasteiger partial charge in [-0.2, -0.15) is 0 Å². The van der Waals surface area contributed by atoms with Crippen LogP contribution in [-0.2, 0) is 9.47 Å². The van der Waals surface area contributed by atoms with Crippen molar-refractivity contribution >= 4 is 34.3 Å². The van der Waals surface area contributed by atoms with E-state index in [2.05, 4.69) is 5.32 Å². The van der Waals surface area contributed by atoms with Crippen LogP contribution >= 0.6 is 0 Å². The average molecular weight is 517 g/mol. The number of alkyl carbamates (subject to hydrolysis) is 1. The molecule has 1 aliphatic carbocycles. The number of benzene rings is 1. The number of carbonyl (C=O) groups excluding carboxylic acids is 2. The summed E-state index contributed by atoms with van der Waals surface area (Å²) in [5, 5.41) is 3.28. The van der Waals surface area contributed by atoms with Gasteiger partial charge in [-0.25, -0.2) is 14.0 Å². The molecule has 1 amide bonds. The number of amides is 1. The van der Waals surface area contributed by atoms with E-state index >= 15 is 4.39 Å². The molecule has 2 aliphatic heterocycles. The fourth-order valence-electron chi connectivity index (χ4n) is 5.60. The second-order valence-electron chi connectivity index (χ2n) is 11.3. The number of methoxy groups -OCH3 is 1. The molecule has 10 nitrogen and oxygen atoms in total. The molecule has 1 saturated heterocycles. The standard InChI is InChI=1S/C26H33FN4O6/c1-13-12-36-21-19-15(10-16(23(33)35-5)22(32)31(13)19)18(28)17(27)20(21)30-9-6-14(11-30)26(7-8-26)29-24(34)37-25(2,3)4/h10,13-14H,6-9,11-12,28H2,1-5H3,(H,29,34)/t13-,14+/m0/s1.